The van der Waals surface area contributed by atoms with Crippen LogP contribution in [-0.2, 0) is 11.3 Å². The largest absolute Gasteiger partial charge is 0.336 e. The van der Waals surface area contributed by atoms with Crippen LogP contribution in [0.25, 0.3) is 0 Å². The highest BCUT2D eigenvalue weighted by Crippen LogP contribution is 2.21. The summed E-state index contributed by atoms with van der Waals surface area (Å²) in [5.41, 5.74) is 2.87. The van der Waals surface area contributed by atoms with Crippen molar-refractivity contribution in [3.63, 3.8) is 0 Å². The third-order valence-corrected chi connectivity index (χ3v) is 4.23. The van der Waals surface area contributed by atoms with Crippen LogP contribution in [0.1, 0.15) is 49.8 Å². The molecule has 1 atom stereocenters. The summed E-state index contributed by atoms with van der Waals surface area (Å²) in [5.74, 6) is 0.353. The van der Waals surface area contributed by atoms with Gasteiger partial charge in [0, 0.05) is 19.0 Å². The highest BCUT2D eigenvalue weighted by atomic mass is 16.2. The first-order chi connectivity index (χ1) is 11.5. The molecule has 1 amide bonds. The summed E-state index contributed by atoms with van der Waals surface area (Å²) in [6.45, 7) is 6.74. The maximum absolute atomic E-state index is 12.8. The summed E-state index contributed by atoms with van der Waals surface area (Å²) < 4.78 is 0. The summed E-state index contributed by atoms with van der Waals surface area (Å²) in [6, 6.07) is 19.8. The zero-order chi connectivity index (χ0) is 17.5. The van der Waals surface area contributed by atoms with Gasteiger partial charge in [-0.2, -0.15) is 5.26 Å². The Morgan fingerprint density at radius 2 is 1.67 bits per heavy atom. The number of hydrogen-bond donors (Lipinski definition) is 0. The lowest BCUT2D eigenvalue weighted by atomic mass is 9.97. The third-order valence-electron chi connectivity index (χ3n) is 4.23. The van der Waals surface area contributed by atoms with Gasteiger partial charge in [-0.25, -0.2) is 0 Å². The van der Waals surface area contributed by atoms with Crippen molar-refractivity contribution in [1.29, 1.82) is 5.26 Å². The Morgan fingerprint density at radius 1 is 1.04 bits per heavy atom. The molecule has 0 N–H and O–H groups in total. The lowest BCUT2D eigenvalue weighted by Crippen LogP contribution is -2.36. The Kier molecular flexibility index (Phi) is 6.14. The van der Waals surface area contributed by atoms with Gasteiger partial charge in [0.2, 0.25) is 5.91 Å². The minimum Gasteiger partial charge on any atom is -0.336 e. The zero-order valence-electron chi connectivity index (χ0n) is 14.6. The topological polar surface area (TPSA) is 44.1 Å². The molecule has 0 aliphatic heterocycles. The van der Waals surface area contributed by atoms with E-state index in [0.717, 1.165) is 5.56 Å². The standard InChI is InChI=1S/C21H24N2O/c1-16(2)23(15-19-11-9-18(14-22)10-12-19)21(24)13-17(3)20-7-5-4-6-8-20/h4-12,16-17H,13,15H2,1-3H3. The minimum atomic E-state index is 0.135. The molecule has 2 aromatic carbocycles. The van der Waals surface area contributed by atoms with Crippen molar-refractivity contribution < 1.29 is 4.79 Å². The maximum Gasteiger partial charge on any atom is 0.223 e. The smallest absolute Gasteiger partial charge is 0.223 e. The second-order valence-electron chi connectivity index (χ2n) is 6.44. The van der Waals surface area contributed by atoms with E-state index in [0.29, 0.717) is 18.5 Å². The summed E-state index contributed by atoms with van der Waals surface area (Å²) >= 11 is 0. The second kappa shape index (κ2) is 8.31. The zero-order valence-corrected chi connectivity index (χ0v) is 14.6. The van der Waals surface area contributed by atoms with Crippen LogP contribution in [-0.4, -0.2) is 16.8 Å². The van der Waals surface area contributed by atoms with E-state index in [1.807, 2.05) is 49.1 Å². The van der Waals surface area contributed by atoms with Crippen molar-refractivity contribution in [2.75, 3.05) is 0 Å². The molecule has 0 spiro atoms. The Balaban J connectivity index is 2.06. The van der Waals surface area contributed by atoms with E-state index in [-0.39, 0.29) is 17.9 Å². The average molecular weight is 320 g/mol. The van der Waals surface area contributed by atoms with E-state index < -0.39 is 0 Å². The Bertz CT molecular complexity index is 699. The van der Waals surface area contributed by atoms with Crippen LogP contribution in [0.5, 0.6) is 0 Å². The van der Waals surface area contributed by atoms with Crippen LogP contribution in [0.15, 0.2) is 54.6 Å². The first-order valence-corrected chi connectivity index (χ1v) is 8.34. The fourth-order valence-electron chi connectivity index (χ4n) is 2.72. The molecule has 0 aromatic heterocycles. The number of hydrogen-bond acceptors (Lipinski definition) is 2. The number of amides is 1. The molecular formula is C21H24N2O. The van der Waals surface area contributed by atoms with Gasteiger partial charge in [-0.1, -0.05) is 49.4 Å². The van der Waals surface area contributed by atoms with Gasteiger partial charge in [-0.05, 0) is 43.0 Å². The molecule has 0 radical (unpaired) electrons. The SMILES string of the molecule is CC(CC(=O)N(Cc1ccc(C#N)cc1)C(C)C)c1ccccc1. The molecule has 1 unspecified atom stereocenters. The van der Waals surface area contributed by atoms with Crippen molar-refractivity contribution in [2.24, 2.45) is 0 Å². The van der Waals surface area contributed by atoms with Gasteiger partial charge in [-0.3, -0.25) is 4.79 Å². The Labute approximate surface area is 144 Å². The molecule has 0 aliphatic rings. The molecule has 3 heteroatoms. The van der Waals surface area contributed by atoms with Crippen molar-refractivity contribution in [2.45, 2.75) is 45.7 Å². The van der Waals surface area contributed by atoms with E-state index >= 15 is 0 Å². The number of carbonyl (C=O) groups excluding carboxylic acids is 1. The number of rotatable bonds is 6. The summed E-state index contributed by atoms with van der Waals surface area (Å²) in [4.78, 5) is 14.7. The van der Waals surface area contributed by atoms with Crippen LogP contribution < -0.4 is 0 Å². The van der Waals surface area contributed by atoms with E-state index in [1.54, 1.807) is 12.1 Å². The van der Waals surface area contributed by atoms with Crippen LogP contribution in [0.3, 0.4) is 0 Å². The van der Waals surface area contributed by atoms with Gasteiger partial charge in [0.25, 0.3) is 0 Å². The molecule has 3 nitrogen and oxygen atoms in total. The number of nitriles is 1. The van der Waals surface area contributed by atoms with E-state index in [4.69, 9.17) is 5.26 Å². The fraction of sp³-hybridized carbons (Fsp3) is 0.333. The highest BCUT2D eigenvalue weighted by molar-refractivity contribution is 5.77. The first kappa shape index (κ1) is 17.7. The lowest BCUT2D eigenvalue weighted by Gasteiger charge is -2.28. The minimum absolute atomic E-state index is 0.135. The van der Waals surface area contributed by atoms with E-state index in [9.17, 15) is 4.79 Å². The highest BCUT2D eigenvalue weighted by Gasteiger charge is 2.20. The van der Waals surface area contributed by atoms with Gasteiger partial charge in [0.15, 0.2) is 0 Å². The third kappa shape index (κ3) is 4.70. The van der Waals surface area contributed by atoms with Crippen molar-refractivity contribution in [3.8, 4) is 6.07 Å². The molecule has 0 aliphatic carbocycles. The Hall–Kier alpha value is -2.60. The van der Waals surface area contributed by atoms with E-state index in [1.165, 1.54) is 5.56 Å². The van der Waals surface area contributed by atoms with Crippen LogP contribution in [0.4, 0.5) is 0 Å². The summed E-state index contributed by atoms with van der Waals surface area (Å²) in [6.07, 6.45) is 0.498. The predicted octanol–water partition coefficient (Wildman–Crippen LogP) is 4.49. The van der Waals surface area contributed by atoms with Gasteiger partial charge in [-0.15, -0.1) is 0 Å². The van der Waals surface area contributed by atoms with Gasteiger partial charge < -0.3 is 4.90 Å². The average Bonchev–Trinajstić information content (AvgIpc) is 2.60. The van der Waals surface area contributed by atoms with Crippen LogP contribution >= 0.6 is 0 Å². The van der Waals surface area contributed by atoms with Crippen molar-refractivity contribution in [1.82, 2.24) is 4.90 Å². The van der Waals surface area contributed by atoms with Crippen molar-refractivity contribution >= 4 is 5.91 Å². The number of nitrogens with zero attached hydrogens (tertiary/aromatic N) is 2. The second-order valence-corrected chi connectivity index (χ2v) is 6.44. The quantitative estimate of drug-likeness (QED) is 0.787. The van der Waals surface area contributed by atoms with Crippen molar-refractivity contribution in [3.05, 3.63) is 71.3 Å². The number of benzene rings is 2. The van der Waals surface area contributed by atoms with Crippen LogP contribution in [0, 0.1) is 11.3 Å². The first-order valence-electron chi connectivity index (χ1n) is 8.34. The monoisotopic (exact) mass is 320 g/mol. The molecule has 0 bridgehead atoms. The molecular weight excluding hydrogens is 296 g/mol. The molecule has 0 fully saturated rings. The normalized spacial score (nSPS) is 11.8. The lowest BCUT2D eigenvalue weighted by molar-refractivity contribution is -0.133. The Morgan fingerprint density at radius 3 is 2.21 bits per heavy atom. The molecule has 2 aromatic rings. The van der Waals surface area contributed by atoms with E-state index in [2.05, 4.69) is 25.1 Å². The number of carbonyl (C=O) groups is 1. The fourth-order valence-corrected chi connectivity index (χ4v) is 2.72. The molecule has 2 rings (SSSR count). The maximum atomic E-state index is 12.8. The van der Waals surface area contributed by atoms with Gasteiger partial charge in [0.1, 0.15) is 0 Å². The summed E-state index contributed by atoms with van der Waals surface area (Å²) in [5, 5.41) is 8.88. The molecule has 0 heterocycles. The predicted molar refractivity (Wildman–Crippen MR) is 96.3 cm³/mol. The molecule has 124 valence electrons. The molecule has 24 heavy (non-hydrogen) atoms. The summed E-state index contributed by atoms with van der Waals surface area (Å²) in [7, 11) is 0. The van der Waals surface area contributed by atoms with Gasteiger partial charge in [0.05, 0.1) is 11.6 Å². The van der Waals surface area contributed by atoms with Crippen LogP contribution in [0.2, 0.25) is 0 Å². The van der Waals surface area contributed by atoms with Gasteiger partial charge >= 0.3 is 0 Å². The molecule has 0 saturated carbocycles. The molecule has 0 saturated heterocycles.